The largest absolute Gasteiger partial charge is 0.417 e. The number of carbonyl (C=O) groups is 1. The molecule has 0 bridgehead atoms. The minimum atomic E-state index is -4.78. The van der Waals surface area contributed by atoms with Gasteiger partial charge in [-0.1, -0.05) is 0 Å². The van der Waals surface area contributed by atoms with E-state index < -0.39 is 29.0 Å². The van der Waals surface area contributed by atoms with Crippen molar-refractivity contribution in [1.29, 1.82) is 0 Å². The topological polar surface area (TPSA) is 38.1 Å². The fourth-order valence-corrected chi connectivity index (χ4v) is 2.98. The third-order valence-electron chi connectivity index (χ3n) is 4.19. The van der Waals surface area contributed by atoms with Crippen molar-refractivity contribution in [3.05, 3.63) is 53.1 Å². The fraction of sp³-hybridized carbons (Fsp3) is 0.375. The van der Waals surface area contributed by atoms with Gasteiger partial charge in [0.05, 0.1) is 17.3 Å². The number of aryl methyl sites for hydroxylation is 1. The van der Waals surface area contributed by atoms with E-state index in [0.29, 0.717) is 25.6 Å². The summed E-state index contributed by atoms with van der Waals surface area (Å²) in [6, 6.07) is 2.14. The SMILES string of the molecule is Cn1cc(C2CCN(C(=O)c3ccc(F)cc3C(F)(F)F)C2)cn1. The highest BCUT2D eigenvalue weighted by atomic mass is 19.4. The van der Waals surface area contributed by atoms with Crippen LogP contribution >= 0.6 is 0 Å². The number of hydrogen-bond donors (Lipinski definition) is 0. The normalized spacial score (nSPS) is 18.2. The summed E-state index contributed by atoms with van der Waals surface area (Å²) in [5.41, 5.74) is -0.809. The first-order chi connectivity index (χ1) is 11.3. The van der Waals surface area contributed by atoms with Gasteiger partial charge in [0, 0.05) is 32.3 Å². The van der Waals surface area contributed by atoms with E-state index in [9.17, 15) is 22.4 Å². The minimum absolute atomic E-state index is 0.0393. The molecule has 3 rings (SSSR count). The fourth-order valence-electron chi connectivity index (χ4n) is 2.98. The van der Waals surface area contributed by atoms with E-state index in [0.717, 1.165) is 17.7 Å². The maximum absolute atomic E-state index is 13.2. The van der Waals surface area contributed by atoms with Crippen molar-refractivity contribution in [3.63, 3.8) is 0 Å². The van der Waals surface area contributed by atoms with Crippen LogP contribution in [0, 0.1) is 5.82 Å². The Bertz CT molecular complexity index is 769. The highest BCUT2D eigenvalue weighted by Crippen LogP contribution is 2.34. The molecule has 8 heteroatoms. The van der Waals surface area contributed by atoms with Crippen LogP contribution in [0.15, 0.2) is 30.6 Å². The lowest BCUT2D eigenvalue weighted by molar-refractivity contribution is -0.138. The molecule has 1 aliphatic rings. The first kappa shape index (κ1) is 16.5. The first-order valence-corrected chi connectivity index (χ1v) is 7.40. The molecule has 24 heavy (non-hydrogen) atoms. The van der Waals surface area contributed by atoms with Crippen LogP contribution in [-0.4, -0.2) is 33.7 Å². The third kappa shape index (κ3) is 3.13. The van der Waals surface area contributed by atoms with Gasteiger partial charge in [0.25, 0.3) is 5.91 Å². The van der Waals surface area contributed by atoms with Gasteiger partial charge < -0.3 is 4.90 Å². The molecule has 1 aliphatic heterocycles. The van der Waals surface area contributed by atoms with Gasteiger partial charge in [-0.2, -0.15) is 18.3 Å². The minimum Gasteiger partial charge on any atom is -0.338 e. The molecule has 4 nitrogen and oxygen atoms in total. The van der Waals surface area contributed by atoms with Crippen molar-refractivity contribution >= 4 is 5.91 Å². The van der Waals surface area contributed by atoms with Crippen molar-refractivity contribution in [2.45, 2.75) is 18.5 Å². The monoisotopic (exact) mass is 341 g/mol. The van der Waals surface area contributed by atoms with Crippen molar-refractivity contribution < 1.29 is 22.4 Å². The van der Waals surface area contributed by atoms with E-state index in [4.69, 9.17) is 0 Å². The number of alkyl halides is 3. The highest BCUT2D eigenvalue weighted by Gasteiger charge is 2.38. The summed E-state index contributed by atoms with van der Waals surface area (Å²) < 4.78 is 54.0. The second-order valence-corrected chi connectivity index (χ2v) is 5.87. The summed E-state index contributed by atoms with van der Waals surface area (Å²) in [5.74, 6) is -1.71. The van der Waals surface area contributed by atoms with Gasteiger partial charge in [0.15, 0.2) is 0 Å². The van der Waals surface area contributed by atoms with Gasteiger partial charge in [-0.05, 0) is 30.2 Å². The maximum atomic E-state index is 13.2. The summed E-state index contributed by atoms with van der Waals surface area (Å²) in [4.78, 5) is 13.9. The summed E-state index contributed by atoms with van der Waals surface area (Å²) in [5, 5.41) is 4.07. The Hall–Kier alpha value is -2.38. The van der Waals surface area contributed by atoms with Gasteiger partial charge >= 0.3 is 6.18 Å². The molecule has 0 radical (unpaired) electrons. The Morgan fingerprint density at radius 3 is 2.71 bits per heavy atom. The van der Waals surface area contributed by atoms with E-state index in [-0.39, 0.29) is 5.92 Å². The Balaban J connectivity index is 1.83. The molecule has 1 unspecified atom stereocenters. The number of aromatic nitrogens is 2. The molecule has 0 spiro atoms. The quantitative estimate of drug-likeness (QED) is 0.787. The van der Waals surface area contributed by atoms with Crippen molar-refractivity contribution in [2.24, 2.45) is 7.05 Å². The molecule has 0 saturated carbocycles. The molecule has 1 amide bonds. The first-order valence-electron chi connectivity index (χ1n) is 7.40. The Kier molecular flexibility index (Phi) is 4.06. The average molecular weight is 341 g/mol. The van der Waals surface area contributed by atoms with Crippen LogP contribution in [0.1, 0.15) is 33.8 Å². The summed E-state index contributed by atoms with van der Waals surface area (Å²) in [6.45, 7) is 0.673. The Morgan fingerprint density at radius 2 is 2.08 bits per heavy atom. The highest BCUT2D eigenvalue weighted by molar-refractivity contribution is 5.96. The lowest BCUT2D eigenvalue weighted by atomic mass is 10.0. The van der Waals surface area contributed by atoms with Crippen molar-refractivity contribution in [2.75, 3.05) is 13.1 Å². The number of nitrogens with zero attached hydrogens (tertiary/aromatic N) is 3. The predicted molar refractivity (Wildman–Crippen MR) is 77.9 cm³/mol. The molecule has 2 heterocycles. The van der Waals surface area contributed by atoms with Crippen molar-refractivity contribution in [1.82, 2.24) is 14.7 Å². The number of amides is 1. The third-order valence-corrected chi connectivity index (χ3v) is 4.19. The number of halogens is 4. The molecule has 1 saturated heterocycles. The zero-order valence-corrected chi connectivity index (χ0v) is 12.8. The second kappa shape index (κ2) is 5.92. The Labute approximate surface area is 135 Å². The molecule has 2 aromatic rings. The number of carbonyl (C=O) groups excluding carboxylic acids is 1. The van der Waals surface area contributed by atoms with Gasteiger partial charge in [-0.15, -0.1) is 0 Å². The van der Waals surface area contributed by atoms with Gasteiger partial charge in [0.2, 0.25) is 0 Å². The van der Waals surface area contributed by atoms with Crippen molar-refractivity contribution in [3.8, 4) is 0 Å². The van der Waals surface area contributed by atoms with Crippen LogP contribution in [-0.2, 0) is 13.2 Å². The number of likely N-dealkylation sites (tertiary alicyclic amines) is 1. The molecular formula is C16H15F4N3O. The molecule has 1 aromatic carbocycles. The van der Waals surface area contributed by atoms with E-state index in [1.807, 2.05) is 6.20 Å². The Morgan fingerprint density at radius 1 is 1.33 bits per heavy atom. The molecule has 0 aliphatic carbocycles. The van der Waals surface area contributed by atoms with E-state index in [1.165, 1.54) is 4.90 Å². The van der Waals surface area contributed by atoms with Gasteiger partial charge in [0.1, 0.15) is 5.82 Å². The van der Waals surface area contributed by atoms with Crippen LogP contribution in [0.4, 0.5) is 17.6 Å². The zero-order valence-electron chi connectivity index (χ0n) is 12.8. The van der Waals surface area contributed by atoms with Crippen LogP contribution in [0.2, 0.25) is 0 Å². The molecule has 0 N–H and O–H groups in total. The summed E-state index contributed by atoms with van der Waals surface area (Å²) in [6.07, 6.45) is -0.606. The molecule has 128 valence electrons. The number of hydrogen-bond acceptors (Lipinski definition) is 2. The lowest BCUT2D eigenvalue weighted by Crippen LogP contribution is -2.30. The van der Waals surface area contributed by atoms with Gasteiger partial charge in [-0.25, -0.2) is 4.39 Å². The van der Waals surface area contributed by atoms with E-state index >= 15 is 0 Å². The average Bonchev–Trinajstić information content (AvgIpc) is 3.14. The molecular weight excluding hydrogens is 326 g/mol. The van der Waals surface area contributed by atoms with Crippen LogP contribution in [0.25, 0.3) is 0 Å². The summed E-state index contributed by atoms with van der Waals surface area (Å²) >= 11 is 0. The molecule has 1 atom stereocenters. The second-order valence-electron chi connectivity index (χ2n) is 5.87. The number of benzene rings is 1. The zero-order chi connectivity index (χ0) is 17.5. The lowest BCUT2D eigenvalue weighted by Gasteiger charge is -2.19. The standard InChI is InChI=1S/C16H15F4N3O/c1-22-8-11(7-21-22)10-4-5-23(9-10)15(24)13-3-2-12(17)6-14(13)16(18,19)20/h2-3,6-8,10H,4-5,9H2,1H3. The molecule has 1 aromatic heterocycles. The maximum Gasteiger partial charge on any atom is 0.417 e. The van der Waals surface area contributed by atoms with Crippen LogP contribution in [0.3, 0.4) is 0 Å². The smallest absolute Gasteiger partial charge is 0.338 e. The summed E-state index contributed by atoms with van der Waals surface area (Å²) in [7, 11) is 1.77. The van der Waals surface area contributed by atoms with Crippen LogP contribution < -0.4 is 0 Å². The number of rotatable bonds is 2. The van der Waals surface area contributed by atoms with Crippen LogP contribution in [0.5, 0.6) is 0 Å². The predicted octanol–water partition coefficient (Wildman–Crippen LogP) is 3.21. The molecule has 1 fully saturated rings. The van der Waals surface area contributed by atoms with E-state index in [1.54, 1.807) is 17.9 Å². The van der Waals surface area contributed by atoms with Gasteiger partial charge in [-0.3, -0.25) is 9.48 Å². The van der Waals surface area contributed by atoms with E-state index in [2.05, 4.69) is 5.10 Å².